The van der Waals surface area contributed by atoms with E-state index in [0.717, 1.165) is 49.2 Å². The maximum absolute atomic E-state index is 5.77. The van der Waals surface area contributed by atoms with Crippen LogP contribution >= 0.6 is 11.3 Å². The number of hydrogen-bond donors (Lipinski definition) is 1. The van der Waals surface area contributed by atoms with E-state index in [9.17, 15) is 0 Å². The van der Waals surface area contributed by atoms with Crippen LogP contribution in [-0.4, -0.2) is 49.3 Å². The molecular weight excluding hydrogens is 322 g/mol. The number of benzene rings is 1. The summed E-state index contributed by atoms with van der Waals surface area (Å²) in [6.07, 6.45) is 0.285. The second-order valence-corrected chi connectivity index (χ2v) is 7.24. The van der Waals surface area contributed by atoms with Gasteiger partial charge in [0.25, 0.3) is 0 Å². The predicted molar refractivity (Wildman–Crippen MR) is 96.6 cm³/mol. The maximum Gasteiger partial charge on any atom is 0.131 e. The van der Waals surface area contributed by atoms with Gasteiger partial charge < -0.3 is 19.7 Å². The lowest BCUT2D eigenvalue weighted by Crippen LogP contribution is -2.44. The summed E-state index contributed by atoms with van der Waals surface area (Å²) in [5.41, 5.74) is 2.23. The van der Waals surface area contributed by atoms with Crippen molar-refractivity contribution in [1.29, 1.82) is 0 Å². The summed E-state index contributed by atoms with van der Waals surface area (Å²) < 4.78 is 11.5. The third-order valence-electron chi connectivity index (χ3n) is 4.02. The fourth-order valence-corrected chi connectivity index (χ4v) is 3.30. The fourth-order valence-electron chi connectivity index (χ4n) is 2.70. The molecule has 1 atom stereocenters. The zero-order valence-electron chi connectivity index (χ0n) is 14.3. The van der Waals surface area contributed by atoms with Crippen molar-refractivity contribution < 1.29 is 9.47 Å². The fraction of sp³-hybridized carbons (Fsp3) is 0.500. The first-order chi connectivity index (χ1) is 11.7. The number of ether oxygens (including phenoxy) is 2. The van der Waals surface area contributed by atoms with E-state index < -0.39 is 0 Å². The highest BCUT2D eigenvalue weighted by atomic mass is 32.1. The second kappa shape index (κ2) is 8.58. The van der Waals surface area contributed by atoms with Gasteiger partial charge in [0, 0.05) is 31.6 Å². The number of rotatable bonds is 7. The molecule has 3 rings (SSSR count). The van der Waals surface area contributed by atoms with Gasteiger partial charge in [-0.2, -0.15) is 0 Å². The van der Waals surface area contributed by atoms with Crippen molar-refractivity contribution in [3.8, 4) is 5.75 Å². The van der Waals surface area contributed by atoms with Gasteiger partial charge >= 0.3 is 0 Å². The van der Waals surface area contributed by atoms with Crippen LogP contribution in [0.5, 0.6) is 5.75 Å². The predicted octanol–water partition coefficient (Wildman–Crippen LogP) is 2.45. The molecule has 0 spiro atoms. The molecule has 1 saturated heterocycles. The minimum absolute atomic E-state index is 0.285. The van der Waals surface area contributed by atoms with Crippen LogP contribution in [0.3, 0.4) is 0 Å². The van der Waals surface area contributed by atoms with E-state index >= 15 is 0 Å². The first kappa shape index (κ1) is 17.4. The molecule has 1 aromatic carbocycles. The third kappa shape index (κ3) is 5.27. The van der Waals surface area contributed by atoms with E-state index in [4.69, 9.17) is 9.47 Å². The molecule has 0 amide bonds. The van der Waals surface area contributed by atoms with E-state index in [2.05, 4.69) is 34.4 Å². The molecule has 0 bridgehead atoms. The lowest BCUT2D eigenvalue weighted by Gasteiger charge is -2.30. The minimum atomic E-state index is 0.285. The van der Waals surface area contributed by atoms with Gasteiger partial charge in [0.15, 0.2) is 0 Å². The molecule has 2 heterocycles. The number of thiazole rings is 1. The van der Waals surface area contributed by atoms with Crippen LogP contribution in [-0.2, 0) is 17.9 Å². The molecule has 1 aromatic heterocycles. The normalized spacial score (nSPS) is 18.7. The van der Waals surface area contributed by atoms with Crippen LogP contribution in [0.15, 0.2) is 29.6 Å². The molecular formula is C18H25N3O2S. The summed E-state index contributed by atoms with van der Waals surface area (Å²) in [7, 11) is 2.14. The van der Waals surface area contributed by atoms with E-state index in [1.807, 2.05) is 24.4 Å². The van der Waals surface area contributed by atoms with Crippen LogP contribution < -0.4 is 10.1 Å². The Morgan fingerprint density at radius 2 is 2.21 bits per heavy atom. The quantitative estimate of drug-likeness (QED) is 0.834. The van der Waals surface area contributed by atoms with Gasteiger partial charge in [0.05, 0.1) is 23.4 Å². The van der Waals surface area contributed by atoms with Gasteiger partial charge in [-0.3, -0.25) is 0 Å². The average Bonchev–Trinajstić information content (AvgIpc) is 3.00. The van der Waals surface area contributed by atoms with Gasteiger partial charge in [-0.25, -0.2) is 4.98 Å². The summed E-state index contributed by atoms with van der Waals surface area (Å²) in [5, 5.41) is 6.58. The van der Waals surface area contributed by atoms with Crippen molar-refractivity contribution in [3.05, 3.63) is 45.9 Å². The first-order valence-electron chi connectivity index (χ1n) is 8.32. The lowest BCUT2D eigenvalue weighted by atomic mass is 10.2. The summed E-state index contributed by atoms with van der Waals surface area (Å²) in [4.78, 5) is 6.71. The molecule has 2 aromatic rings. The van der Waals surface area contributed by atoms with Gasteiger partial charge in [-0.05, 0) is 31.7 Å². The number of hydrogen-bond acceptors (Lipinski definition) is 6. The topological polar surface area (TPSA) is 46.6 Å². The molecule has 0 saturated carbocycles. The lowest BCUT2D eigenvalue weighted by molar-refractivity contribution is -0.0182. The van der Waals surface area contributed by atoms with Crippen molar-refractivity contribution in [3.63, 3.8) is 0 Å². The Morgan fingerprint density at radius 3 is 2.92 bits per heavy atom. The standard InChI is InChI=1S/C18H25N3O2S/c1-14-20-16(13-24-14)12-23-17-5-3-15(4-6-17)9-19-10-18-11-21(2)7-8-22-18/h3-6,13,18-19H,7-12H2,1-2H3/t18-/m0/s1. The summed E-state index contributed by atoms with van der Waals surface area (Å²) in [6.45, 7) is 7.10. The maximum atomic E-state index is 5.77. The average molecular weight is 347 g/mol. The zero-order valence-corrected chi connectivity index (χ0v) is 15.1. The van der Waals surface area contributed by atoms with Crippen molar-refractivity contribution >= 4 is 11.3 Å². The number of likely N-dealkylation sites (N-methyl/N-ethyl adjacent to an activating group) is 1. The monoisotopic (exact) mass is 347 g/mol. The zero-order chi connectivity index (χ0) is 16.8. The van der Waals surface area contributed by atoms with Gasteiger partial charge in [-0.15, -0.1) is 11.3 Å². The minimum Gasteiger partial charge on any atom is -0.487 e. The van der Waals surface area contributed by atoms with Crippen molar-refractivity contribution in [2.75, 3.05) is 33.3 Å². The molecule has 1 fully saturated rings. The Hall–Kier alpha value is -1.47. The highest BCUT2D eigenvalue weighted by molar-refractivity contribution is 7.09. The number of nitrogens with zero attached hydrogens (tertiary/aromatic N) is 2. The molecule has 0 radical (unpaired) electrons. The van der Waals surface area contributed by atoms with Crippen LogP contribution in [0, 0.1) is 6.92 Å². The van der Waals surface area contributed by atoms with Crippen molar-refractivity contribution in [2.45, 2.75) is 26.2 Å². The van der Waals surface area contributed by atoms with E-state index in [0.29, 0.717) is 6.61 Å². The highest BCUT2D eigenvalue weighted by Crippen LogP contribution is 2.15. The molecule has 1 aliphatic rings. The first-order valence-corrected chi connectivity index (χ1v) is 9.20. The second-order valence-electron chi connectivity index (χ2n) is 6.18. The van der Waals surface area contributed by atoms with E-state index in [1.165, 1.54) is 5.56 Å². The molecule has 5 nitrogen and oxygen atoms in total. The molecule has 1 aliphatic heterocycles. The Balaban J connectivity index is 1.39. The van der Waals surface area contributed by atoms with Crippen molar-refractivity contribution in [1.82, 2.24) is 15.2 Å². The van der Waals surface area contributed by atoms with Gasteiger partial charge in [0.1, 0.15) is 12.4 Å². The van der Waals surface area contributed by atoms with Gasteiger partial charge in [0.2, 0.25) is 0 Å². The van der Waals surface area contributed by atoms with Crippen LogP contribution in [0.4, 0.5) is 0 Å². The SMILES string of the molecule is Cc1nc(COc2ccc(CNC[C@H]3CN(C)CCO3)cc2)cs1. The summed E-state index contributed by atoms with van der Waals surface area (Å²) >= 11 is 1.65. The molecule has 0 unspecified atom stereocenters. The molecule has 24 heavy (non-hydrogen) atoms. The summed E-state index contributed by atoms with van der Waals surface area (Å²) in [6, 6.07) is 8.23. The number of nitrogens with one attached hydrogen (secondary N) is 1. The number of aromatic nitrogens is 1. The number of morpholine rings is 1. The third-order valence-corrected chi connectivity index (χ3v) is 4.84. The van der Waals surface area contributed by atoms with Gasteiger partial charge in [-0.1, -0.05) is 12.1 Å². The van der Waals surface area contributed by atoms with Crippen LogP contribution in [0.1, 0.15) is 16.3 Å². The largest absolute Gasteiger partial charge is 0.487 e. The van der Waals surface area contributed by atoms with Crippen LogP contribution in [0.2, 0.25) is 0 Å². The Labute approximate surface area is 147 Å². The molecule has 130 valence electrons. The Kier molecular flexibility index (Phi) is 6.20. The molecule has 1 N–H and O–H groups in total. The smallest absolute Gasteiger partial charge is 0.131 e. The Morgan fingerprint density at radius 1 is 1.38 bits per heavy atom. The summed E-state index contributed by atoms with van der Waals surface area (Å²) in [5.74, 6) is 0.877. The molecule has 0 aliphatic carbocycles. The van der Waals surface area contributed by atoms with Crippen LogP contribution in [0.25, 0.3) is 0 Å². The van der Waals surface area contributed by atoms with E-state index in [1.54, 1.807) is 11.3 Å². The van der Waals surface area contributed by atoms with Crippen molar-refractivity contribution in [2.24, 2.45) is 0 Å². The van der Waals surface area contributed by atoms with E-state index in [-0.39, 0.29) is 6.10 Å². The molecule has 6 heteroatoms. The number of aryl methyl sites for hydroxylation is 1. The highest BCUT2D eigenvalue weighted by Gasteiger charge is 2.16. The Bertz CT molecular complexity index is 629.